The Kier molecular flexibility index (Phi) is 5.88. The van der Waals surface area contributed by atoms with Crippen LogP contribution in [0.3, 0.4) is 0 Å². The largest absolute Gasteiger partial charge is 0.467 e. The summed E-state index contributed by atoms with van der Waals surface area (Å²) in [5, 5.41) is 0.344. The zero-order chi connectivity index (χ0) is 27.5. The zero-order valence-corrected chi connectivity index (χ0v) is 22.7. The third-order valence-corrected chi connectivity index (χ3v) is 9.49. The number of rotatable bonds is 9. The quantitative estimate of drug-likeness (QED) is 0.310. The van der Waals surface area contributed by atoms with Crippen molar-refractivity contribution in [3.63, 3.8) is 0 Å². The number of nitrogens with zero attached hydrogens (tertiary/aromatic N) is 5. The highest BCUT2D eigenvalue weighted by atomic mass is 32.2. The first-order chi connectivity index (χ1) is 19.3. The van der Waals surface area contributed by atoms with E-state index in [-0.39, 0.29) is 24.1 Å². The summed E-state index contributed by atoms with van der Waals surface area (Å²) in [7, 11) is 0. The normalized spacial score (nSPS) is 25.4. The number of benzene rings is 1. The number of hydrogen-bond donors (Lipinski definition) is 1. The maximum Gasteiger partial charge on any atom is 0.233 e. The van der Waals surface area contributed by atoms with E-state index in [1.807, 2.05) is 13.0 Å². The van der Waals surface area contributed by atoms with Crippen LogP contribution in [0.4, 0.5) is 4.39 Å². The topological polar surface area (TPSA) is 129 Å². The van der Waals surface area contributed by atoms with E-state index in [0.29, 0.717) is 64.4 Å². The summed E-state index contributed by atoms with van der Waals surface area (Å²) < 4.78 is 25.7. The molecule has 0 unspecified atom stereocenters. The molecule has 2 N–H and O–H groups in total. The Morgan fingerprint density at radius 1 is 1.23 bits per heavy atom. The molecule has 0 bridgehead atoms. The van der Waals surface area contributed by atoms with E-state index < -0.39 is 10.3 Å². The number of carbonyl (C=O) groups is 1. The van der Waals surface area contributed by atoms with Crippen molar-refractivity contribution in [3.8, 4) is 5.88 Å². The van der Waals surface area contributed by atoms with Crippen molar-refractivity contribution in [3.05, 3.63) is 77.6 Å². The molecule has 1 aliphatic heterocycles. The second kappa shape index (κ2) is 9.36. The molecule has 2 fully saturated rings. The summed E-state index contributed by atoms with van der Waals surface area (Å²) in [6.07, 6.45) is 10.1. The number of pyridine rings is 1. The van der Waals surface area contributed by atoms with Crippen LogP contribution < -0.4 is 10.5 Å². The lowest BCUT2D eigenvalue weighted by atomic mass is 9.83. The van der Waals surface area contributed by atoms with Gasteiger partial charge in [-0.1, -0.05) is 23.9 Å². The molecule has 11 heteroatoms. The number of aromatic nitrogens is 4. The van der Waals surface area contributed by atoms with Gasteiger partial charge in [-0.25, -0.2) is 19.3 Å². The molecule has 204 valence electrons. The molecule has 7 rings (SSSR count). The third kappa shape index (κ3) is 4.42. The fourth-order valence-corrected chi connectivity index (χ4v) is 7.23. The zero-order valence-electron chi connectivity index (χ0n) is 21.8. The molecular formula is C29H27FN6O3S. The first-order valence-electron chi connectivity index (χ1n) is 13.3. The van der Waals surface area contributed by atoms with Crippen LogP contribution >= 0.6 is 11.8 Å². The standard InChI is InChI=1S/C29H27FN6O3S/c1-28(22-13-29(22,40-27(31)36-28)23(37)12-16-2-3-16)18-10-17(4-5-19(18)30)11-21-26-20(6-7-32-21)35-24(14-34-26)39-15-25-33-8-9-38-25/h4-10,14,16,22H,2-3,11-13,15H2,1H3,(H2,31,36)/t22-,28+,29-/m0/s1. The molecule has 0 radical (unpaired) electrons. The minimum Gasteiger partial charge on any atom is -0.467 e. The number of amidine groups is 1. The molecule has 0 spiro atoms. The minimum atomic E-state index is -0.921. The lowest BCUT2D eigenvalue weighted by Gasteiger charge is -2.34. The highest BCUT2D eigenvalue weighted by Gasteiger charge is 2.70. The van der Waals surface area contributed by atoms with Crippen molar-refractivity contribution in [2.24, 2.45) is 22.6 Å². The lowest BCUT2D eigenvalue weighted by molar-refractivity contribution is -0.120. The fourth-order valence-electron chi connectivity index (χ4n) is 5.80. The highest BCUT2D eigenvalue weighted by Crippen LogP contribution is 2.67. The number of carbonyl (C=O) groups excluding carboxylic acids is 1. The number of nitrogens with two attached hydrogens (primary N) is 1. The molecule has 4 heterocycles. The molecule has 40 heavy (non-hydrogen) atoms. The van der Waals surface area contributed by atoms with Crippen LogP contribution in [0.15, 0.2) is 58.5 Å². The van der Waals surface area contributed by atoms with Gasteiger partial charge in [-0.2, -0.15) is 0 Å². The van der Waals surface area contributed by atoms with Gasteiger partial charge in [0.1, 0.15) is 23.4 Å². The Bertz CT molecular complexity index is 1660. The number of oxazole rings is 1. The van der Waals surface area contributed by atoms with Gasteiger partial charge in [-0.15, -0.1) is 0 Å². The molecule has 4 aromatic rings. The van der Waals surface area contributed by atoms with Crippen molar-refractivity contribution >= 4 is 33.7 Å². The molecule has 2 aliphatic carbocycles. The number of ether oxygens (including phenoxy) is 1. The predicted molar refractivity (Wildman–Crippen MR) is 147 cm³/mol. The average molecular weight is 559 g/mol. The maximum atomic E-state index is 15.4. The first kappa shape index (κ1) is 25.1. The number of ketones is 1. The van der Waals surface area contributed by atoms with Crippen LogP contribution in [0.1, 0.15) is 55.3 Å². The SMILES string of the molecule is C[C@]1(c2cc(Cc3nccc4nc(OCc5ncco5)cnc34)ccc2F)N=C(N)S[C@@]2(C(=O)CC3CC3)C[C@H]21. The Morgan fingerprint density at radius 3 is 2.90 bits per heavy atom. The summed E-state index contributed by atoms with van der Waals surface area (Å²) >= 11 is 1.37. The van der Waals surface area contributed by atoms with Gasteiger partial charge in [0.25, 0.3) is 0 Å². The first-order valence-corrected chi connectivity index (χ1v) is 14.1. The van der Waals surface area contributed by atoms with E-state index in [4.69, 9.17) is 19.9 Å². The number of halogens is 1. The Morgan fingerprint density at radius 2 is 2.10 bits per heavy atom. The Labute approximate surface area is 233 Å². The molecule has 0 amide bonds. The lowest BCUT2D eigenvalue weighted by Crippen LogP contribution is -2.39. The number of hydrogen-bond acceptors (Lipinski definition) is 10. The fraction of sp³-hybridized carbons (Fsp3) is 0.379. The molecule has 3 atom stereocenters. The molecule has 2 saturated carbocycles. The van der Waals surface area contributed by atoms with E-state index in [1.165, 1.54) is 30.3 Å². The van der Waals surface area contributed by atoms with Crippen molar-refractivity contribution in [1.29, 1.82) is 0 Å². The van der Waals surface area contributed by atoms with Gasteiger partial charge in [0.05, 0.1) is 33.9 Å². The highest BCUT2D eigenvalue weighted by molar-refractivity contribution is 8.15. The molecule has 3 aliphatic rings. The second-order valence-electron chi connectivity index (χ2n) is 11.0. The summed E-state index contributed by atoms with van der Waals surface area (Å²) in [6.45, 7) is 2.04. The van der Waals surface area contributed by atoms with Gasteiger partial charge in [0, 0.05) is 30.5 Å². The predicted octanol–water partition coefficient (Wildman–Crippen LogP) is 4.73. The van der Waals surface area contributed by atoms with Crippen LogP contribution in [0.5, 0.6) is 5.88 Å². The Balaban J connectivity index is 1.16. The molecule has 9 nitrogen and oxygen atoms in total. The smallest absolute Gasteiger partial charge is 0.233 e. The molecule has 0 saturated heterocycles. The number of fused-ring (bicyclic) bond motifs is 2. The van der Waals surface area contributed by atoms with Crippen molar-refractivity contribution < 1.29 is 18.3 Å². The average Bonchev–Trinajstić information content (AvgIpc) is 3.85. The van der Waals surface area contributed by atoms with Gasteiger partial charge >= 0.3 is 0 Å². The van der Waals surface area contributed by atoms with E-state index >= 15 is 4.39 Å². The number of aliphatic imine (C=N–C) groups is 1. The molecule has 1 aromatic carbocycles. The van der Waals surface area contributed by atoms with Crippen molar-refractivity contribution in [2.75, 3.05) is 0 Å². The second-order valence-corrected chi connectivity index (χ2v) is 12.3. The summed E-state index contributed by atoms with van der Waals surface area (Å²) in [5.74, 6) is 1.05. The van der Waals surface area contributed by atoms with Gasteiger partial charge in [-0.3, -0.25) is 14.8 Å². The van der Waals surface area contributed by atoms with Gasteiger partial charge in [0.2, 0.25) is 11.8 Å². The van der Waals surface area contributed by atoms with Crippen LogP contribution in [0.2, 0.25) is 0 Å². The summed E-state index contributed by atoms with van der Waals surface area (Å²) in [4.78, 5) is 35.7. The van der Waals surface area contributed by atoms with E-state index in [9.17, 15) is 4.79 Å². The Hall–Kier alpha value is -3.86. The van der Waals surface area contributed by atoms with Gasteiger partial charge < -0.3 is 14.9 Å². The third-order valence-electron chi connectivity index (χ3n) is 8.15. The maximum absolute atomic E-state index is 15.4. The number of thioether (sulfide) groups is 1. The van der Waals surface area contributed by atoms with Gasteiger partial charge in [0.15, 0.2) is 11.8 Å². The van der Waals surface area contributed by atoms with E-state index in [1.54, 1.807) is 24.5 Å². The van der Waals surface area contributed by atoms with Crippen LogP contribution in [0, 0.1) is 17.7 Å². The summed E-state index contributed by atoms with van der Waals surface area (Å²) in [6, 6.07) is 6.81. The van der Waals surface area contributed by atoms with Crippen molar-refractivity contribution in [2.45, 2.75) is 55.9 Å². The monoisotopic (exact) mass is 558 g/mol. The van der Waals surface area contributed by atoms with E-state index in [0.717, 1.165) is 18.4 Å². The van der Waals surface area contributed by atoms with Crippen LogP contribution in [-0.4, -0.2) is 35.6 Å². The number of Topliss-reactive ketones (excluding diaryl/α,β-unsaturated/α-hetero) is 1. The van der Waals surface area contributed by atoms with Gasteiger partial charge in [-0.05, 0) is 49.8 Å². The van der Waals surface area contributed by atoms with Crippen LogP contribution in [0.25, 0.3) is 11.0 Å². The summed E-state index contributed by atoms with van der Waals surface area (Å²) in [5.41, 5.74) is 8.61. The van der Waals surface area contributed by atoms with E-state index in [2.05, 4.69) is 19.9 Å². The molecule has 3 aromatic heterocycles. The molecular weight excluding hydrogens is 531 g/mol. The van der Waals surface area contributed by atoms with Crippen molar-refractivity contribution in [1.82, 2.24) is 19.9 Å². The minimum absolute atomic E-state index is 0.0929. The van der Waals surface area contributed by atoms with Crippen LogP contribution in [-0.2, 0) is 23.4 Å².